The van der Waals surface area contributed by atoms with Crippen molar-refractivity contribution in [1.29, 1.82) is 0 Å². The second-order valence-corrected chi connectivity index (χ2v) is 9.69. The zero-order valence-electron chi connectivity index (χ0n) is 16.1. The van der Waals surface area contributed by atoms with E-state index in [1.807, 2.05) is 0 Å². The first-order valence-corrected chi connectivity index (χ1v) is 10.8. The van der Waals surface area contributed by atoms with Gasteiger partial charge in [-0.1, -0.05) is 38.5 Å². The van der Waals surface area contributed by atoms with Crippen molar-refractivity contribution in [3.63, 3.8) is 0 Å². The van der Waals surface area contributed by atoms with Crippen LogP contribution >= 0.6 is 0 Å². The summed E-state index contributed by atoms with van der Waals surface area (Å²) in [4.78, 5) is 19.3. The molecule has 4 saturated carbocycles. The summed E-state index contributed by atoms with van der Waals surface area (Å²) in [5.74, 6) is 2.62. The van der Waals surface area contributed by atoms with Crippen LogP contribution in [0.4, 0.5) is 0 Å². The third kappa shape index (κ3) is 2.31. The molecule has 0 saturated heterocycles. The fourth-order valence-electron chi connectivity index (χ4n) is 6.88. The molecular formula is C21H33N3O2. The number of aliphatic imine (C=N–C) groups is 1. The van der Waals surface area contributed by atoms with Gasteiger partial charge in [-0.15, -0.1) is 0 Å². The Bertz CT molecular complexity index is 629. The quantitative estimate of drug-likeness (QED) is 0.820. The van der Waals surface area contributed by atoms with Crippen LogP contribution in [0.5, 0.6) is 0 Å². The van der Waals surface area contributed by atoms with E-state index in [4.69, 9.17) is 15.5 Å². The maximum atomic E-state index is 13.1. The van der Waals surface area contributed by atoms with Gasteiger partial charge in [0.05, 0.1) is 12.7 Å². The molecule has 26 heavy (non-hydrogen) atoms. The molecule has 0 aromatic rings. The van der Waals surface area contributed by atoms with E-state index in [0.29, 0.717) is 30.0 Å². The molecule has 0 aromatic carbocycles. The highest BCUT2D eigenvalue weighted by Gasteiger charge is 2.73. The van der Waals surface area contributed by atoms with Crippen LogP contribution in [-0.2, 0) is 9.53 Å². The average Bonchev–Trinajstić information content (AvgIpc) is 3.26. The maximum Gasteiger partial charge on any atom is 0.259 e. The van der Waals surface area contributed by atoms with Crippen molar-refractivity contribution in [2.75, 3.05) is 13.7 Å². The molecule has 4 aliphatic carbocycles. The van der Waals surface area contributed by atoms with Gasteiger partial charge in [-0.2, -0.15) is 0 Å². The fourth-order valence-corrected chi connectivity index (χ4v) is 6.88. The third-order valence-electron chi connectivity index (χ3n) is 8.46. The van der Waals surface area contributed by atoms with Crippen LogP contribution in [0.15, 0.2) is 4.99 Å². The number of likely N-dealkylation sites (N-methyl/N-ethyl adjacent to an activating group) is 1. The smallest absolute Gasteiger partial charge is 0.259 e. The minimum absolute atomic E-state index is 0.0480. The second kappa shape index (κ2) is 5.95. The van der Waals surface area contributed by atoms with Crippen LogP contribution in [0.25, 0.3) is 0 Å². The summed E-state index contributed by atoms with van der Waals surface area (Å²) in [6, 6.07) is 0. The van der Waals surface area contributed by atoms with Gasteiger partial charge in [0.25, 0.3) is 5.91 Å². The molecule has 1 aliphatic heterocycles. The number of nitrogens with zero attached hydrogens (tertiary/aromatic N) is 2. The number of nitrogens with two attached hydrogens (primary N) is 1. The lowest BCUT2D eigenvalue weighted by Gasteiger charge is -2.41. The van der Waals surface area contributed by atoms with Gasteiger partial charge in [-0.3, -0.25) is 9.69 Å². The monoisotopic (exact) mass is 359 g/mol. The molecule has 144 valence electrons. The largest absolute Gasteiger partial charge is 0.374 e. The van der Waals surface area contributed by atoms with Gasteiger partial charge in [0.2, 0.25) is 0 Å². The van der Waals surface area contributed by atoms with Crippen LogP contribution in [0.2, 0.25) is 0 Å². The molecule has 4 fully saturated rings. The predicted octanol–water partition coefficient (Wildman–Crippen LogP) is 3.08. The number of guanidine groups is 1. The van der Waals surface area contributed by atoms with E-state index in [-0.39, 0.29) is 5.91 Å². The number of rotatable bonds is 5. The van der Waals surface area contributed by atoms with Gasteiger partial charge < -0.3 is 10.5 Å². The van der Waals surface area contributed by atoms with Crippen molar-refractivity contribution >= 4 is 11.9 Å². The molecule has 5 atom stereocenters. The predicted molar refractivity (Wildman–Crippen MR) is 101 cm³/mol. The summed E-state index contributed by atoms with van der Waals surface area (Å²) in [6.45, 7) is 0.434. The number of hydrogen-bond donors (Lipinski definition) is 1. The second-order valence-electron chi connectivity index (χ2n) is 9.69. The molecule has 0 radical (unpaired) electrons. The van der Waals surface area contributed by atoms with E-state index in [1.54, 1.807) is 7.05 Å². The molecule has 5 unspecified atom stereocenters. The topological polar surface area (TPSA) is 67.9 Å². The zero-order chi connectivity index (χ0) is 17.9. The van der Waals surface area contributed by atoms with Crippen LogP contribution in [0.1, 0.15) is 70.6 Å². The first-order chi connectivity index (χ1) is 12.6. The lowest BCUT2D eigenvalue weighted by Crippen LogP contribution is -2.47. The zero-order valence-corrected chi connectivity index (χ0v) is 16.1. The van der Waals surface area contributed by atoms with Gasteiger partial charge in [-0.05, 0) is 49.9 Å². The Morgan fingerprint density at radius 3 is 2.58 bits per heavy atom. The normalized spacial score (nSPS) is 45.0. The average molecular weight is 360 g/mol. The molecule has 5 heteroatoms. The molecule has 5 rings (SSSR count). The summed E-state index contributed by atoms with van der Waals surface area (Å²) in [5.41, 5.74) is 5.76. The molecule has 1 spiro atoms. The summed E-state index contributed by atoms with van der Waals surface area (Å²) >= 11 is 0. The first kappa shape index (κ1) is 17.0. The minimum atomic E-state index is -0.761. The Morgan fingerprint density at radius 2 is 1.96 bits per heavy atom. The Hall–Kier alpha value is -1.10. The Morgan fingerprint density at radius 1 is 1.15 bits per heavy atom. The highest BCUT2D eigenvalue weighted by atomic mass is 16.5. The van der Waals surface area contributed by atoms with Gasteiger partial charge in [-0.25, -0.2) is 4.99 Å². The van der Waals surface area contributed by atoms with E-state index in [0.717, 1.165) is 18.3 Å². The summed E-state index contributed by atoms with van der Waals surface area (Å²) in [6.07, 6.45) is 14.3. The number of ether oxygens (including phenoxy) is 1. The maximum absolute atomic E-state index is 13.1. The Balaban J connectivity index is 1.31. The minimum Gasteiger partial charge on any atom is -0.374 e. The SMILES string of the molecule is CN1C(=O)C(COC2C3CCCC4CCC432)(CC2CCCCC2)N=C1N. The van der Waals surface area contributed by atoms with E-state index >= 15 is 0 Å². The molecule has 5 aliphatic rings. The first-order valence-electron chi connectivity index (χ1n) is 10.8. The highest BCUT2D eigenvalue weighted by molar-refractivity contribution is 6.06. The molecule has 1 amide bonds. The van der Waals surface area contributed by atoms with Crippen LogP contribution in [0, 0.1) is 23.2 Å². The molecule has 0 aromatic heterocycles. The van der Waals surface area contributed by atoms with Gasteiger partial charge >= 0.3 is 0 Å². The van der Waals surface area contributed by atoms with Crippen molar-refractivity contribution < 1.29 is 9.53 Å². The number of carbonyl (C=O) groups excluding carboxylic acids is 1. The van der Waals surface area contributed by atoms with E-state index in [1.165, 1.54) is 69.1 Å². The Labute approximate surface area is 156 Å². The third-order valence-corrected chi connectivity index (χ3v) is 8.46. The van der Waals surface area contributed by atoms with Crippen molar-refractivity contribution in [2.45, 2.75) is 82.3 Å². The lowest BCUT2D eigenvalue weighted by atomic mass is 9.63. The Kier molecular flexibility index (Phi) is 3.90. The van der Waals surface area contributed by atoms with Crippen molar-refractivity contribution in [3.8, 4) is 0 Å². The number of carbonyl (C=O) groups is 1. The molecule has 2 N–H and O–H groups in total. The van der Waals surface area contributed by atoms with Gasteiger partial charge in [0.15, 0.2) is 11.5 Å². The summed E-state index contributed by atoms with van der Waals surface area (Å²) in [5, 5.41) is 0. The molecule has 1 heterocycles. The van der Waals surface area contributed by atoms with Gasteiger partial charge in [0, 0.05) is 12.5 Å². The standard InChI is InChI=1S/C21H33N3O2/c1-24-18(25)20(23-19(24)22,12-14-6-3-2-4-7-14)13-26-17-16-9-5-8-15-10-11-21(15,16)17/h14-17H,2-13H2,1H3,(H2,22,23). The van der Waals surface area contributed by atoms with Crippen LogP contribution < -0.4 is 5.73 Å². The number of hydrogen-bond acceptors (Lipinski definition) is 4. The van der Waals surface area contributed by atoms with Crippen molar-refractivity contribution in [2.24, 2.45) is 33.9 Å². The van der Waals surface area contributed by atoms with Crippen molar-refractivity contribution in [3.05, 3.63) is 0 Å². The molecule has 0 bridgehead atoms. The summed E-state index contributed by atoms with van der Waals surface area (Å²) in [7, 11) is 1.75. The summed E-state index contributed by atoms with van der Waals surface area (Å²) < 4.78 is 6.51. The van der Waals surface area contributed by atoms with Gasteiger partial charge in [0.1, 0.15) is 0 Å². The molecular weight excluding hydrogens is 326 g/mol. The fraction of sp³-hybridized carbons (Fsp3) is 0.905. The van der Waals surface area contributed by atoms with E-state index in [2.05, 4.69) is 0 Å². The highest BCUT2D eigenvalue weighted by Crippen LogP contribution is 2.74. The van der Waals surface area contributed by atoms with E-state index in [9.17, 15) is 4.79 Å². The lowest BCUT2D eigenvalue weighted by molar-refractivity contribution is -0.134. The van der Waals surface area contributed by atoms with Crippen molar-refractivity contribution in [1.82, 2.24) is 4.90 Å². The number of amides is 1. The van der Waals surface area contributed by atoms with Crippen LogP contribution in [0.3, 0.4) is 0 Å². The molecule has 5 nitrogen and oxygen atoms in total. The van der Waals surface area contributed by atoms with Crippen LogP contribution in [-0.4, -0.2) is 42.1 Å². The van der Waals surface area contributed by atoms with E-state index < -0.39 is 5.54 Å².